The zero-order valence-corrected chi connectivity index (χ0v) is 21.4. The number of nitrogens with one attached hydrogen (secondary N) is 2. The lowest BCUT2D eigenvalue weighted by Crippen LogP contribution is -2.31. The van der Waals surface area contributed by atoms with Gasteiger partial charge >= 0.3 is 0 Å². The molecular formula is C28H23N5O4S. The lowest BCUT2D eigenvalue weighted by molar-refractivity contribution is 0.0925. The van der Waals surface area contributed by atoms with Crippen molar-refractivity contribution in [1.29, 1.82) is 5.26 Å². The van der Waals surface area contributed by atoms with Gasteiger partial charge in [0.25, 0.3) is 15.9 Å². The van der Waals surface area contributed by atoms with E-state index in [9.17, 15) is 18.5 Å². The van der Waals surface area contributed by atoms with Crippen LogP contribution in [0.15, 0.2) is 77.7 Å². The maximum Gasteiger partial charge on any atom is 0.264 e. The van der Waals surface area contributed by atoms with Crippen LogP contribution in [0.1, 0.15) is 38.7 Å². The number of benzene rings is 3. The number of aromatic nitrogens is 2. The molecule has 190 valence electrons. The molecule has 2 N–H and O–H groups in total. The van der Waals surface area contributed by atoms with Gasteiger partial charge in [0.15, 0.2) is 0 Å². The smallest absolute Gasteiger partial charge is 0.264 e. The van der Waals surface area contributed by atoms with Crippen molar-refractivity contribution < 1.29 is 17.9 Å². The van der Waals surface area contributed by atoms with Crippen LogP contribution in [0.25, 0.3) is 11.3 Å². The number of anilines is 1. The molecule has 0 aliphatic carbocycles. The fraction of sp³-hybridized carbons (Fsp3) is 0.143. The van der Waals surface area contributed by atoms with Crippen molar-refractivity contribution in [3.63, 3.8) is 0 Å². The van der Waals surface area contributed by atoms with E-state index in [4.69, 9.17) is 4.74 Å². The molecule has 4 aromatic rings. The molecule has 3 aromatic carbocycles. The highest BCUT2D eigenvalue weighted by atomic mass is 32.2. The van der Waals surface area contributed by atoms with Crippen LogP contribution in [0.5, 0.6) is 5.88 Å². The van der Waals surface area contributed by atoms with Crippen LogP contribution in [0.4, 0.5) is 5.95 Å². The van der Waals surface area contributed by atoms with Gasteiger partial charge in [-0.3, -0.25) is 4.79 Å². The van der Waals surface area contributed by atoms with E-state index in [1.54, 1.807) is 30.3 Å². The Hall–Kier alpha value is -4.75. The minimum absolute atomic E-state index is 0.0379. The Kier molecular flexibility index (Phi) is 6.53. The third-order valence-electron chi connectivity index (χ3n) is 6.17. The molecule has 2 heterocycles. The number of hydrogen-bond donors (Lipinski definition) is 2. The topological polar surface area (TPSA) is 134 Å². The number of carbonyl (C=O) groups excluding carboxylic acids is 1. The third-order valence-corrected chi connectivity index (χ3v) is 7.50. The number of carbonyl (C=O) groups is 1. The van der Waals surface area contributed by atoms with Crippen LogP contribution in [0.2, 0.25) is 0 Å². The van der Waals surface area contributed by atoms with Crippen molar-refractivity contribution in [2.24, 2.45) is 0 Å². The van der Waals surface area contributed by atoms with E-state index in [2.05, 4.69) is 26.1 Å². The molecule has 38 heavy (non-hydrogen) atoms. The van der Waals surface area contributed by atoms with Gasteiger partial charge in [-0.05, 0) is 60.9 Å². The number of nitriles is 1. The Bertz CT molecular complexity index is 1690. The number of hydrogen-bond acceptors (Lipinski definition) is 7. The van der Waals surface area contributed by atoms with Gasteiger partial charge in [0.05, 0.1) is 28.8 Å². The minimum atomic E-state index is -4.12. The summed E-state index contributed by atoms with van der Waals surface area (Å²) in [7, 11) is -4.12. The highest BCUT2D eigenvalue weighted by Crippen LogP contribution is 2.31. The van der Waals surface area contributed by atoms with E-state index < -0.39 is 22.0 Å². The van der Waals surface area contributed by atoms with Crippen LogP contribution in [-0.2, 0) is 10.0 Å². The summed E-state index contributed by atoms with van der Waals surface area (Å²) in [6.07, 6.45) is -0.735. The molecule has 1 aliphatic rings. The molecule has 0 fully saturated rings. The summed E-state index contributed by atoms with van der Waals surface area (Å²) in [6, 6.07) is 22.1. The first kappa shape index (κ1) is 24.9. The summed E-state index contributed by atoms with van der Waals surface area (Å²) in [6.45, 7) is 3.92. The van der Waals surface area contributed by atoms with Gasteiger partial charge in [-0.2, -0.15) is 10.2 Å². The second kappa shape index (κ2) is 9.95. The fourth-order valence-electron chi connectivity index (χ4n) is 4.33. The van der Waals surface area contributed by atoms with Crippen LogP contribution in [0, 0.1) is 25.2 Å². The number of amides is 1. The molecule has 1 amide bonds. The van der Waals surface area contributed by atoms with Gasteiger partial charge in [-0.15, -0.1) is 0 Å². The molecule has 0 radical (unpaired) electrons. The summed E-state index contributed by atoms with van der Waals surface area (Å²) >= 11 is 0. The van der Waals surface area contributed by atoms with Crippen molar-refractivity contribution in [3.8, 4) is 23.2 Å². The van der Waals surface area contributed by atoms with E-state index in [0.717, 1.165) is 16.7 Å². The van der Waals surface area contributed by atoms with E-state index in [-0.39, 0.29) is 28.8 Å². The molecule has 10 heteroatoms. The second-order valence-corrected chi connectivity index (χ2v) is 10.6. The van der Waals surface area contributed by atoms with Crippen LogP contribution in [-0.4, -0.2) is 30.8 Å². The van der Waals surface area contributed by atoms with Crippen LogP contribution < -0.4 is 14.8 Å². The number of rotatable bonds is 2. The van der Waals surface area contributed by atoms with Gasteiger partial charge in [-0.25, -0.2) is 18.1 Å². The fourth-order valence-corrected chi connectivity index (χ4v) is 5.32. The van der Waals surface area contributed by atoms with Crippen LogP contribution >= 0.6 is 0 Å². The molecule has 9 nitrogen and oxygen atoms in total. The highest BCUT2D eigenvalue weighted by molar-refractivity contribution is 7.92. The van der Waals surface area contributed by atoms with E-state index in [1.165, 1.54) is 24.3 Å². The Morgan fingerprint density at radius 2 is 1.71 bits per heavy atom. The normalized spacial score (nSPS) is 16.3. The summed E-state index contributed by atoms with van der Waals surface area (Å²) in [5.74, 6) is -0.545. The molecule has 1 atom stereocenters. The molecule has 0 saturated carbocycles. The summed E-state index contributed by atoms with van der Waals surface area (Å²) in [5, 5.41) is 12.2. The largest absolute Gasteiger partial charge is 0.467 e. The predicted molar refractivity (Wildman–Crippen MR) is 141 cm³/mol. The number of nitrogens with zero attached hydrogens (tertiary/aromatic N) is 3. The van der Waals surface area contributed by atoms with Crippen molar-refractivity contribution in [2.45, 2.75) is 24.8 Å². The number of fused-ring (bicyclic) bond motifs is 4. The first-order valence-corrected chi connectivity index (χ1v) is 13.3. The maximum absolute atomic E-state index is 13.2. The molecule has 1 unspecified atom stereocenters. The van der Waals surface area contributed by atoms with Gasteiger partial charge in [0.1, 0.15) is 6.10 Å². The average Bonchev–Trinajstić information content (AvgIpc) is 2.90. The van der Waals surface area contributed by atoms with Crippen molar-refractivity contribution in [3.05, 3.63) is 101 Å². The van der Waals surface area contributed by atoms with Gasteiger partial charge < -0.3 is 10.1 Å². The zero-order chi connectivity index (χ0) is 26.9. The number of sulfonamides is 1. The number of ether oxygens (including phenoxy) is 1. The lowest BCUT2D eigenvalue weighted by Gasteiger charge is -2.21. The number of aryl methyl sites for hydroxylation is 2. The Balaban J connectivity index is 1.70. The first-order valence-electron chi connectivity index (χ1n) is 11.8. The minimum Gasteiger partial charge on any atom is -0.467 e. The summed E-state index contributed by atoms with van der Waals surface area (Å²) in [4.78, 5) is 21.7. The van der Waals surface area contributed by atoms with Gasteiger partial charge in [-0.1, -0.05) is 36.4 Å². The van der Waals surface area contributed by atoms with E-state index >= 15 is 0 Å². The zero-order valence-electron chi connectivity index (χ0n) is 20.6. The summed E-state index contributed by atoms with van der Waals surface area (Å²) < 4.78 is 35.1. The molecule has 0 saturated heterocycles. The predicted octanol–water partition coefficient (Wildman–Crippen LogP) is 4.30. The van der Waals surface area contributed by atoms with Crippen LogP contribution in [0.3, 0.4) is 0 Å². The Morgan fingerprint density at radius 3 is 2.47 bits per heavy atom. The molecule has 0 spiro atoms. The third kappa shape index (κ3) is 5.05. The average molecular weight is 526 g/mol. The lowest BCUT2D eigenvalue weighted by atomic mass is 10.00. The standard InChI is InChI=1S/C28H23N5O4S/c1-17-6-3-7-18(2)26(17)23-14-25-32-28(31-23)33-38(35,36)22-11-5-10-21(13-22)27(34)30-16-24(37-25)20-9-4-8-19(12-20)15-29/h3-14,24H,16H2,1-2H3,(H,30,34)(H,31,32,33). The van der Waals surface area contributed by atoms with E-state index in [0.29, 0.717) is 16.8 Å². The molecule has 5 rings (SSSR count). The molecule has 4 bridgehead atoms. The van der Waals surface area contributed by atoms with E-state index in [1.807, 2.05) is 32.0 Å². The molecule has 1 aliphatic heterocycles. The Morgan fingerprint density at radius 1 is 0.974 bits per heavy atom. The first-order chi connectivity index (χ1) is 18.2. The van der Waals surface area contributed by atoms with Gasteiger partial charge in [0, 0.05) is 17.2 Å². The maximum atomic E-state index is 13.2. The monoisotopic (exact) mass is 525 g/mol. The Labute approximate surface area is 220 Å². The van der Waals surface area contributed by atoms with Crippen molar-refractivity contribution >= 4 is 21.9 Å². The summed E-state index contributed by atoms with van der Waals surface area (Å²) in [5.41, 5.74) is 4.42. The quantitative estimate of drug-likeness (QED) is 0.399. The molecular weight excluding hydrogens is 502 g/mol. The van der Waals surface area contributed by atoms with Gasteiger partial charge in [0.2, 0.25) is 11.8 Å². The van der Waals surface area contributed by atoms with Crippen molar-refractivity contribution in [2.75, 3.05) is 11.3 Å². The SMILES string of the molecule is Cc1cccc(C)c1-c1cc2nc(n1)NS(=O)(=O)c1cccc(c1)C(=O)NCC(c1cccc(C#N)c1)O2. The molecule has 1 aromatic heterocycles. The van der Waals surface area contributed by atoms with Crippen molar-refractivity contribution in [1.82, 2.24) is 15.3 Å². The highest BCUT2D eigenvalue weighted by Gasteiger charge is 2.23. The second-order valence-electron chi connectivity index (χ2n) is 8.87.